The molecule has 0 atom stereocenters. The van der Waals surface area contributed by atoms with Gasteiger partial charge < -0.3 is 4.57 Å². The summed E-state index contributed by atoms with van der Waals surface area (Å²) in [5.74, 6) is -0.191. The van der Waals surface area contributed by atoms with Crippen LogP contribution in [0.4, 0.5) is 0 Å². The number of carbonyl (C=O) groups excluding carboxylic acids is 1. The van der Waals surface area contributed by atoms with Gasteiger partial charge in [0.05, 0.1) is 11.3 Å². The first-order valence-electron chi connectivity index (χ1n) is 6.69. The number of ketones is 1. The van der Waals surface area contributed by atoms with Crippen molar-refractivity contribution in [2.75, 3.05) is 0 Å². The summed E-state index contributed by atoms with van der Waals surface area (Å²) in [4.78, 5) is 16.6. The minimum Gasteiger partial charge on any atom is -0.332 e. The molecule has 0 saturated carbocycles. The van der Waals surface area contributed by atoms with E-state index in [0.717, 1.165) is 5.56 Å². The smallest absolute Gasteiger partial charge is 0.214 e. The van der Waals surface area contributed by atoms with Crippen LogP contribution in [0, 0.1) is 0 Å². The Bertz CT molecular complexity index is 827. The Morgan fingerprint density at radius 1 is 1.00 bits per heavy atom. The van der Waals surface area contributed by atoms with Crippen LogP contribution in [0.3, 0.4) is 0 Å². The highest BCUT2D eigenvalue weighted by molar-refractivity contribution is 6.34. The molecule has 1 heterocycles. The fourth-order valence-electron chi connectivity index (χ4n) is 2.17. The number of aromatic nitrogens is 2. The van der Waals surface area contributed by atoms with Crippen LogP contribution in [-0.2, 0) is 6.54 Å². The van der Waals surface area contributed by atoms with Crippen molar-refractivity contribution in [3.05, 3.63) is 87.9 Å². The SMILES string of the molecule is O=C(c1cn(Cc2ccccc2Cl)cn1)c1ccccc1Cl. The molecule has 22 heavy (non-hydrogen) atoms. The molecule has 5 heteroatoms. The molecule has 0 saturated heterocycles. The number of hydrogen-bond acceptors (Lipinski definition) is 2. The lowest BCUT2D eigenvalue weighted by atomic mass is 10.1. The van der Waals surface area contributed by atoms with Crippen LogP contribution in [0.15, 0.2) is 61.1 Å². The molecule has 3 rings (SSSR count). The number of imidazole rings is 1. The Morgan fingerprint density at radius 2 is 1.68 bits per heavy atom. The van der Waals surface area contributed by atoms with Crippen molar-refractivity contribution in [2.45, 2.75) is 6.54 Å². The van der Waals surface area contributed by atoms with Gasteiger partial charge in [-0.2, -0.15) is 0 Å². The second-order valence-electron chi connectivity index (χ2n) is 4.83. The Balaban J connectivity index is 1.84. The molecule has 0 radical (unpaired) electrons. The van der Waals surface area contributed by atoms with Gasteiger partial charge in [0.1, 0.15) is 5.69 Å². The largest absolute Gasteiger partial charge is 0.332 e. The average molecular weight is 331 g/mol. The van der Waals surface area contributed by atoms with Crippen molar-refractivity contribution in [2.24, 2.45) is 0 Å². The van der Waals surface area contributed by atoms with E-state index in [0.29, 0.717) is 27.8 Å². The number of hydrogen-bond donors (Lipinski definition) is 0. The van der Waals surface area contributed by atoms with Gasteiger partial charge in [0, 0.05) is 23.3 Å². The Morgan fingerprint density at radius 3 is 2.41 bits per heavy atom. The van der Waals surface area contributed by atoms with Crippen molar-refractivity contribution in [1.82, 2.24) is 9.55 Å². The summed E-state index contributed by atoms with van der Waals surface area (Å²) in [6.07, 6.45) is 3.32. The van der Waals surface area contributed by atoms with Gasteiger partial charge in [-0.15, -0.1) is 0 Å². The van der Waals surface area contributed by atoms with E-state index in [1.807, 2.05) is 28.8 Å². The first-order chi connectivity index (χ1) is 10.6. The molecular formula is C17H12Cl2N2O. The van der Waals surface area contributed by atoms with Gasteiger partial charge in [-0.1, -0.05) is 53.5 Å². The van der Waals surface area contributed by atoms with Crippen LogP contribution in [0.5, 0.6) is 0 Å². The van der Waals surface area contributed by atoms with Crippen LogP contribution in [0.2, 0.25) is 10.0 Å². The number of rotatable bonds is 4. The number of halogens is 2. The zero-order chi connectivity index (χ0) is 15.5. The molecule has 3 aromatic rings. The van der Waals surface area contributed by atoms with Gasteiger partial charge >= 0.3 is 0 Å². The fraction of sp³-hybridized carbons (Fsp3) is 0.0588. The highest BCUT2D eigenvalue weighted by Crippen LogP contribution is 2.19. The second kappa shape index (κ2) is 6.34. The maximum Gasteiger partial charge on any atom is 0.214 e. The molecule has 1 aromatic heterocycles. The van der Waals surface area contributed by atoms with Crippen molar-refractivity contribution >= 4 is 29.0 Å². The lowest BCUT2D eigenvalue weighted by Crippen LogP contribution is -2.03. The van der Waals surface area contributed by atoms with E-state index in [1.165, 1.54) is 0 Å². The van der Waals surface area contributed by atoms with E-state index in [4.69, 9.17) is 23.2 Å². The standard InChI is InChI=1S/C17H12Cl2N2O/c18-14-7-3-1-5-12(14)9-21-10-16(20-11-21)17(22)13-6-2-4-8-15(13)19/h1-8,10-11H,9H2. The molecule has 0 amide bonds. The molecule has 0 aliphatic heterocycles. The van der Waals surface area contributed by atoms with Crippen LogP contribution in [0.1, 0.15) is 21.6 Å². The summed E-state index contributed by atoms with van der Waals surface area (Å²) in [5, 5.41) is 1.11. The molecule has 0 N–H and O–H groups in total. The van der Waals surface area contributed by atoms with Crippen LogP contribution in [0.25, 0.3) is 0 Å². The molecule has 0 bridgehead atoms. The molecule has 0 aliphatic carbocycles. The Hall–Kier alpha value is -2.10. The minimum absolute atomic E-state index is 0.191. The van der Waals surface area contributed by atoms with E-state index in [2.05, 4.69) is 4.98 Å². The predicted molar refractivity (Wildman–Crippen MR) is 87.7 cm³/mol. The average Bonchev–Trinajstić information content (AvgIpc) is 2.98. The van der Waals surface area contributed by atoms with Crippen molar-refractivity contribution in [1.29, 1.82) is 0 Å². The number of benzene rings is 2. The highest BCUT2D eigenvalue weighted by atomic mass is 35.5. The fourth-order valence-corrected chi connectivity index (χ4v) is 2.59. The van der Waals surface area contributed by atoms with Crippen LogP contribution in [-0.4, -0.2) is 15.3 Å². The third kappa shape index (κ3) is 3.06. The first kappa shape index (κ1) is 14.8. The summed E-state index contributed by atoms with van der Waals surface area (Å²) in [6, 6.07) is 14.5. The van der Waals surface area contributed by atoms with Crippen molar-refractivity contribution in [3.63, 3.8) is 0 Å². The van der Waals surface area contributed by atoms with E-state index in [9.17, 15) is 4.79 Å². The summed E-state index contributed by atoms with van der Waals surface area (Å²) in [7, 11) is 0. The number of nitrogens with zero attached hydrogens (tertiary/aromatic N) is 2. The maximum absolute atomic E-state index is 12.4. The van der Waals surface area contributed by atoms with Crippen LogP contribution < -0.4 is 0 Å². The highest BCUT2D eigenvalue weighted by Gasteiger charge is 2.15. The van der Waals surface area contributed by atoms with E-state index >= 15 is 0 Å². The zero-order valence-electron chi connectivity index (χ0n) is 11.5. The molecule has 0 unspecified atom stereocenters. The van der Waals surface area contributed by atoms with Gasteiger partial charge in [-0.25, -0.2) is 4.98 Å². The molecule has 2 aromatic carbocycles. The quantitative estimate of drug-likeness (QED) is 0.661. The van der Waals surface area contributed by atoms with E-state index in [1.54, 1.807) is 36.8 Å². The topological polar surface area (TPSA) is 34.9 Å². The molecule has 0 aliphatic rings. The monoisotopic (exact) mass is 330 g/mol. The summed E-state index contributed by atoms with van der Waals surface area (Å²) in [5.41, 5.74) is 1.78. The molecule has 0 spiro atoms. The molecule has 3 nitrogen and oxygen atoms in total. The summed E-state index contributed by atoms with van der Waals surface area (Å²) < 4.78 is 1.82. The van der Waals surface area contributed by atoms with Gasteiger partial charge in [0.2, 0.25) is 5.78 Å². The Labute approximate surface area is 138 Å². The third-order valence-corrected chi connectivity index (χ3v) is 3.99. The van der Waals surface area contributed by atoms with Gasteiger partial charge in [0.25, 0.3) is 0 Å². The van der Waals surface area contributed by atoms with E-state index in [-0.39, 0.29) is 5.78 Å². The first-order valence-corrected chi connectivity index (χ1v) is 7.45. The molecule has 0 fully saturated rings. The molecule has 110 valence electrons. The maximum atomic E-state index is 12.4. The summed E-state index contributed by atoms with van der Waals surface area (Å²) in [6.45, 7) is 0.558. The van der Waals surface area contributed by atoms with Gasteiger partial charge in [-0.05, 0) is 23.8 Å². The minimum atomic E-state index is -0.191. The lowest BCUT2D eigenvalue weighted by Gasteiger charge is -2.04. The zero-order valence-corrected chi connectivity index (χ0v) is 13.1. The van der Waals surface area contributed by atoms with Gasteiger partial charge in [0.15, 0.2) is 0 Å². The van der Waals surface area contributed by atoms with Crippen molar-refractivity contribution in [3.8, 4) is 0 Å². The predicted octanol–water partition coefficient (Wildman–Crippen LogP) is 4.47. The number of carbonyl (C=O) groups is 1. The Kier molecular flexibility index (Phi) is 4.27. The van der Waals surface area contributed by atoms with Crippen molar-refractivity contribution < 1.29 is 4.79 Å². The molecular weight excluding hydrogens is 319 g/mol. The van der Waals surface area contributed by atoms with Crippen LogP contribution >= 0.6 is 23.2 Å². The lowest BCUT2D eigenvalue weighted by molar-refractivity contribution is 0.103. The second-order valence-corrected chi connectivity index (χ2v) is 5.65. The normalized spacial score (nSPS) is 10.6. The third-order valence-electron chi connectivity index (χ3n) is 3.30. The van der Waals surface area contributed by atoms with E-state index < -0.39 is 0 Å². The van der Waals surface area contributed by atoms with Gasteiger partial charge in [-0.3, -0.25) is 4.79 Å². The summed E-state index contributed by atoms with van der Waals surface area (Å²) >= 11 is 12.2.